The summed E-state index contributed by atoms with van der Waals surface area (Å²) in [7, 11) is 5.14. The Morgan fingerprint density at radius 2 is 1.80 bits per heavy atom. The Morgan fingerprint density at radius 1 is 1.15 bits per heavy atom. The molecule has 5 heteroatoms. The molecule has 0 saturated heterocycles. The number of methoxy groups -OCH3 is 2. The minimum Gasteiger partial charge on any atom is -0.497 e. The Balaban J connectivity index is 2.49. The van der Waals surface area contributed by atoms with Crippen molar-refractivity contribution in [2.45, 2.75) is 6.04 Å². The van der Waals surface area contributed by atoms with Crippen molar-refractivity contribution < 1.29 is 9.47 Å². The second-order valence-electron chi connectivity index (χ2n) is 4.37. The molecule has 0 amide bonds. The third kappa shape index (κ3) is 2.83. The van der Waals surface area contributed by atoms with Crippen LogP contribution in [0.1, 0.15) is 17.2 Å². The van der Waals surface area contributed by atoms with Gasteiger partial charge in [0.1, 0.15) is 11.5 Å². The van der Waals surface area contributed by atoms with Crippen molar-refractivity contribution in [2.24, 2.45) is 0 Å². The van der Waals surface area contributed by atoms with Gasteiger partial charge in [0.25, 0.3) is 0 Å². The van der Waals surface area contributed by atoms with Crippen LogP contribution in [-0.4, -0.2) is 26.3 Å². The summed E-state index contributed by atoms with van der Waals surface area (Å²) in [6.45, 7) is 0. The van der Waals surface area contributed by atoms with Crippen molar-refractivity contribution in [3.63, 3.8) is 0 Å². The standard InChI is InChI=1S/C15H19N3O2/c1-17-15(13-9-18-5-4-14(13)16)10-6-11(19-2)8-12(7-10)20-3/h4-9,15,17H,1-3H3,(H2,16,18). The molecular formula is C15H19N3O2. The largest absolute Gasteiger partial charge is 0.497 e. The molecule has 0 radical (unpaired) electrons. The maximum Gasteiger partial charge on any atom is 0.122 e. The van der Waals surface area contributed by atoms with Crippen LogP contribution in [-0.2, 0) is 0 Å². The molecule has 0 aliphatic carbocycles. The predicted molar refractivity (Wildman–Crippen MR) is 79.1 cm³/mol. The Kier molecular flexibility index (Phi) is 4.42. The number of nitrogens with one attached hydrogen (secondary N) is 1. The van der Waals surface area contributed by atoms with Gasteiger partial charge in [-0.2, -0.15) is 0 Å². The molecule has 1 aromatic carbocycles. The average Bonchev–Trinajstić information content (AvgIpc) is 2.49. The fourth-order valence-corrected chi connectivity index (χ4v) is 2.16. The highest BCUT2D eigenvalue weighted by Gasteiger charge is 2.17. The van der Waals surface area contributed by atoms with Crippen LogP contribution in [0.25, 0.3) is 0 Å². The van der Waals surface area contributed by atoms with Crippen LogP contribution in [0.2, 0.25) is 0 Å². The van der Waals surface area contributed by atoms with Gasteiger partial charge in [-0.05, 0) is 30.8 Å². The van der Waals surface area contributed by atoms with Gasteiger partial charge in [0, 0.05) is 29.7 Å². The van der Waals surface area contributed by atoms with Crippen molar-refractivity contribution in [2.75, 3.05) is 27.0 Å². The minimum absolute atomic E-state index is 0.0762. The number of rotatable bonds is 5. The Morgan fingerprint density at radius 3 is 2.30 bits per heavy atom. The number of hydrogen-bond acceptors (Lipinski definition) is 5. The van der Waals surface area contributed by atoms with Crippen molar-refractivity contribution in [3.8, 4) is 11.5 Å². The van der Waals surface area contributed by atoms with Gasteiger partial charge in [-0.15, -0.1) is 0 Å². The average molecular weight is 273 g/mol. The molecule has 1 unspecified atom stereocenters. The van der Waals surface area contributed by atoms with Gasteiger partial charge < -0.3 is 20.5 Å². The molecule has 0 saturated carbocycles. The molecule has 0 spiro atoms. The van der Waals surface area contributed by atoms with Crippen LogP contribution >= 0.6 is 0 Å². The lowest BCUT2D eigenvalue weighted by molar-refractivity contribution is 0.392. The summed E-state index contributed by atoms with van der Waals surface area (Å²) in [6, 6.07) is 7.46. The fourth-order valence-electron chi connectivity index (χ4n) is 2.16. The number of nitrogen functional groups attached to an aromatic ring is 1. The first kappa shape index (κ1) is 14.1. The molecule has 2 rings (SSSR count). The minimum atomic E-state index is -0.0762. The summed E-state index contributed by atoms with van der Waals surface area (Å²) in [6.07, 6.45) is 3.44. The number of benzene rings is 1. The Hall–Kier alpha value is -2.27. The summed E-state index contributed by atoms with van der Waals surface area (Å²) in [4.78, 5) is 4.14. The quantitative estimate of drug-likeness (QED) is 0.872. The summed E-state index contributed by atoms with van der Waals surface area (Å²) >= 11 is 0. The zero-order chi connectivity index (χ0) is 14.5. The number of aromatic nitrogens is 1. The lowest BCUT2D eigenvalue weighted by Crippen LogP contribution is -2.19. The number of hydrogen-bond donors (Lipinski definition) is 2. The second kappa shape index (κ2) is 6.25. The lowest BCUT2D eigenvalue weighted by atomic mass is 9.98. The zero-order valence-electron chi connectivity index (χ0n) is 11.9. The number of ether oxygens (including phenoxy) is 2. The highest BCUT2D eigenvalue weighted by molar-refractivity contribution is 5.51. The van der Waals surface area contributed by atoms with Crippen LogP contribution in [0.15, 0.2) is 36.7 Å². The van der Waals surface area contributed by atoms with E-state index in [1.165, 1.54) is 0 Å². The van der Waals surface area contributed by atoms with Gasteiger partial charge in [-0.1, -0.05) is 0 Å². The molecule has 0 aliphatic heterocycles. The summed E-state index contributed by atoms with van der Waals surface area (Å²) in [5, 5.41) is 3.25. The van der Waals surface area contributed by atoms with E-state index in [1.807, 2.05) is 25.2 Å². The van der Waals surface area contributed by atoms with Crippen molar-refractivity contribution in [1.82, 2.24) is 10.3 Å². The van der Waals surface area contributed by atoms with E-state index in [4.69, 9.17) is 15.2 Å². The molecule has 106 valence electrons. The smallest absolute Gasteiger partial charge is 0.122 e. The molecule has 5 nitrogen and oxygen atoms in total. The maximum absolute atomic E-state index is 6.03. The first-order valence-electron chi connectivity index (χ1n) is 6.29. The van der Waals surface area contributed by atoms with Crippen molar-refractivity contribution in [1.29, 1.82) is 0 Å². The molecule has 0 fully saturated rings. The van der Waals surface area contributed by atoms with Gasteiger partial charge in [0.05, 0.1) is 20.3 Å². The van der Waals surface area contributed by atoms with Crippen LogP contribution in [0, 0.1) is 0 Å². The van der Waals surface area contributed by atoms with E-state index in [-0.39, 0.29) is 6.04 Å². The monoisotopic (exact) mass is 273 g/mol. The van der Waals surface area contributed by atoms with E-state index in [9.17, 15) is 0 Å². The zero-order valence-corrected chi connectivity index (χ0v) is 11.9. The molecule has 1 heterocycles. The predicted octanol–water partition coefficient (Wildman–Crippen LogP) is 1.99. The molecule has 0 aliphatic rings. The van der Waals surface area contributed by atoms with Crippen LogP contribution in [0.5, 0.6) is 11.5 Å². The normalized spacial score (nSPS) is 11.9. The van der Waals surface area contributed by atoms with Gasteiger partial charge in [-0.3, -0.25) is 4.98 Å². The van der Waals surface area contributed by atoms with Crippen molar-refractivity contribution >= 4 is 5.69 Å². The van der Waals surface area contributed by atoms with E-state index in [0.29, 0.717) is 5.69 Å². The molecule has 1 aromatic heterocycles. The molecule has 3 N–H and O–H groups in total. The third-order valence-electron chi connectivity index (χ3n) is 3.19. The fraction of sp³-hybridized carbons (Fsp3) is 0.267. The number of nitrogens with zero attached hydrogens (tertiary/aromatic N) is 1. The Bertz CT molecular complexity index is 565. The third-order valence-corrected chi connectivity index (χ3v) is 3.19. The van der Waals surface area contributed by atoms with E-state index in [2.05, 4.69) is 10.3 Å². The van der Waals surface area contributed by atoms with Gasteiger partial charge in [0.15, 0.2) is 0 Å². The molecule has 1 atom stereocenters. The van der Waals surface area contributed by atoms with Crippen molar-refractivity contribution in [3.05, 3.63) is 47.8 Å². The topological polar surface area (TPSA) is 69.4 Å². The number of anilines is 1. The SMILES string of the molecule is CNC(c1cc(OC)cc(OC)c1)c1cnccc1N. The molecule has 0 bridgehead atoms. The van der Waals surface area contributed by atoms with Gasteiger partial charge in [-0.25, -0.2) is 0 Å². The van der Waals surface area contributed by atoms with E-state index in [1.54, 1.807) is 32.7 Å². The molecule has 2 aromatic rings. The van der Waals surface area contributed by atoms with E-state index in [0.717, 1.165) is 22.6 Å². The molecule has 20 heavy (non-hydrogen) atoms. The lowest BCUT2D eigenvalue weighted by Gasteiger charge is -2.20. The maximum atomic E-state index is 6.03. The summed E-state index contributed by atoms with van der Waals surface area (Å²) < 4.78 is 10.6. The van der Waals surface area contributed by atoms with Crippen LogP contribution in [0.3, 0.4) is 0 Å². The first-order valence-corrected chi connectivity index (χ1v) is 6.29. The first-order chi connectivity index (χ1) is 9.69. The van der Waals surface area contributed by atoms with Crippen LogP contribution in [0.4, 0.5) is 5.69 Å². The van der Waals surface area contributed by atoms with E-state index >= 15 is 0 Å². The highest BCUT2D eigenvalue weighted by atomic mass is 16.5. The van der Waals surface area contributed by atoms with Crippen LogP contribution < -0.4 is 20.5 Å². The number of pyridine rings is 1. The number of nitrogens with two attached hydrogens (primary N) is 1. The van der Waals surface area contributed by atoms with Gasteiger partial charge >= 0.3 is 0 Å². The summed E-state index contributed by atoms with van der Waals surface area (Å²) in [5.41, 5.74) is 8.65. The van der Waals surface area contributed by atoms with Gasteiger partial charge in [0.2, 0.25) is 0 Å². The molecular weight excluding hydrogens is 254 g/mol. The van der Waals surface area contributed by atoms with E-state index < -0.39 is 0 Å². The highest BCUT2D eigenvalue weighted by Crippen LogP contribution is 2.31. The Labute approximate surface area is 118 Å². The summed E-state index contributed by atoms with van der Waals surface area (Å²) in [5.74, 6) is 1.48. The second-order valence-corrected chi connectivity index (χ2v) is 4.37.